The fraction of sp³-hybridized carbons (Fsp3) is 0.382. The van der Waals surface area contributed by atoms with E-state index in [0.29, 0.717) is 22.2 Å². The quantitative estimate of drug-likeness (QED) is 0.119. The van der Waals surface area contributed by atoms with Gasteiger partial charge in [-0.3, -0.25) is 9.00 Å². The van der Waals surface area contributed by atoms with E-state index in [1.165, 1.54) is 30.3 Å². The molecule has 254 valence electrons. The summed E-state index contributed by atoms with van der Waals surface area (Å²) in [4.78, 5) is 12.6. The summed E-state index contributed by atoms with van der Waals surface area (Å²) < 4.78 is 101. The predicted octanol–water partition coefficient (Wildman–Crippen LogP) is 6.30. The van der Waals surface area contributed by atoms with Crippen LogP contribution in [-0.2, 0) is 39.6 Å². The van der Waals surface area contributed by atoms with Crippen molar-refractivity contribution < 1.29 is 44.8 Å². The Labute approximate surface area is 278 Å². The molecule has 0 radical (unpaired) electrons. The molecule has 8 nitrogen and oxygen atoms in total. The van der Waals surface area contributed by atoms with Crippen molar-refractivity contribution in [2.24, 2.45) is 5.73 Å². The van der Waals surface area contributed by atoms with Crippen molar-refractivity contribution in [3.63, 3.8) is 0 Å². The number of furan rings is 1. The van der Waals surface area contributed by atoms with Gasteiger partial charge in [-0.1, -0.05) is 24.3 Å². The van der Waals surface area contributed by atoms with Crippen molar-refractivity contribution in [2.45, 2.75) is 76.7 Å². The molecule has 1 saturated heterocycles. The first-order valence-corrected chi connectivity index (χ1v) is 16.5. The first-order chi connectivity index (χ1) is 22.4. The monoisotopic (exact) mass is 685 g/mol. The van der Waals surface area contributed by atoms with Gasteiger partial charge in [0.05, 0.1) is 28.0 Å². The topological polar surface area (TPSA) is 118 Å². The van der Waals surface area contributed by atoms with Crippen LogP contribution in [0.1, 0.15) is 84.8 Å². The molecular weight excluding hydrogens is 651 g/mol. The predicted molar refractivity (Wildman–Crippen MR) is 173 cm³/mol. The van der Waals surface area contributed by atoms with Gasteiger partial charge in [-0.25, -0.2) is 4.39 Å². The number of halogens is 4. The van der Waals surface area contributed by atoms with Crippen molar-refractivity contribution >= 4 is 46.4 Å². The molecule has 1 atom stereocenters. The molecule has 1 aromatic heterocycles. The molecule has 3 aromatic carbocycles. The van der Waals surface area contributed by atoms with Crippen LogP contribution < -0.4 is 15.5 Å². The first kappa shape index (κ1) is 34.2. The first-order valence-electron chi connectivity index (χ1n) is 15.5. The lowest BCUT2D eigenvalue weighted by Crippen LogP contribution is -2.41. The second-order valence-corrected chi connectivity index (χ2v) is 14.2. The summed E-state index contributed by atoms with van der Waals surface area (Å²) in [6.45, 7) is 6.85. The van der Waals surface area contributed by atoms with Crippen LogP contribution in [0.2, 0.25) is 0 Å². The average Bonchev–Trinajstić information content (AvgIpc) is 3.73. The van der Waals surface area contributed by atoms with Crippen LogP contribution >= 0.6 is 0 Å². The lowest BCUT2D eigenvalue weighted by Gasteiger charge is -2.32. The third-order valence-electron chi connectivity index (χ3n) is 9.43. The van der Waals surface area contributed by atoms with Gasteiger partial charge in [0.15, 0.2) is 0 Å². The molecule has 2 fully saturated rings. The smallest absolute Gasteiger partial charge is 0.495 e. The molecule has 48 heavy (non-hydrogen) atoms. The maximum atomic E-state index is 14.3. The Bertz CT molecular complexity index is 1890. The summed E-state index contributed by atoms with van der Waals surface area (Å²) in [5.41, 5.74) is 5.28. The second kappa shape index (κ2) is 12.3. The van der Waals surface area contributed by atoms with Crippen molar-refractivity contribution in [2.75, 3.05) is 10.8 Å². The number of nitrogens with zero attached hydrogens (tertiary/aromatic N) is 1. The molecule has 0 bridgehead atoms. The molecular formula is C34H34BF4N2O6S-. The third kappa shape index (κ3) is 6.63. The Hall–Kier alpha value is -3.72. The summed E-state index contributed by atoms with van der Waals surface area (Å²) in [5, 5.41) is 0.426. The van der Waals surface area contributed by atoms with Gasteiger partial charge in [-0.2, -0.15) is 13.2 Å². The number of primary amides is 1. The van der Waals surface area contributed by atoms with Gasteiger partial charge in [0.2, 0.25) is 0 Å². The number of benzene rings is 3. The Morgan fingerprint density at radius 1 is 1.02 bits per heavy atom. The van der Waals surface area contributed by atoms with Gasteiger partial charge in [0.25, 0.3) is 5.91 Å². The van der Waals surface area contributed by atoms with Crippen LogP contribution in [0.3, 0.4) is 0 Å². The minimum atomic E-state index is -4.72. The van der Waals surface area contributed by atoms with Crippen LogP contribution in [0.25, 0.3) is 11.0 Å². The highest BCUT2D eigenvalue weighted by molar-refractivity contribution is 7.80. The lowest BCUT2D eigenvalue weighted by atomic mass is 9.75. The van der Waals surface area contributed by atoms with Crippen LogP contribution in [-0.4, -0.2) is 39.5 Å². The van der Waals surface area contributed by atoms with E-state index in [1.54, 1.807) is 45.9 Å². The van der Waals surface area contributed by atoms with E-state index in [4.69, 9.17) is 19.5 Å². The number of rotatable bonds is 10. The van der Waals surface area contributed by atoms with Crippen LogP contribution in [0.5, 0.6) is 0 Å². The normalized spacial score (nSPS) is 18.0. The second-order valence-electron chi connectivity index (χ2n) is 13.3. The number of carbonyl (C=O) groups is 1. The van der Waals surface area contributed by atoms with Gasteiger partial charge >= 0.3 is 13.3 Å². The summed E-state index contributed by atoms with van der Waals surface area (Å²) in [5.74, 6) is -0.880. The van der Waals surface area contributed by atoms with Crippen LogP contribution in [0, 0.1) is 5.82 Å². The van der Waals surface area contributed by atoms with Crippen LogP contribution in [0.15, 0.2) is 59.0 Å². The molecule has 4 aromatic rings. The maximum absolute atomic E-state index is 14.3. The van der Waals surface area contributed by atoms with Crippen molar-refractivity contribution in [1.29, 1.82) is 0 Å². The molecule has 2 heterocycles. The summed E-state index contributed by atoms with van der Waals surface area (Å²) in [6.07, 6.45) is -3.03. The summed E-state index contributed by atoms with van der Waals surface area (Å²) in [6, 6.07) is 12.8. The number of anilines is 1. The molecule has 0 spiro atoms. The highest BCUT2D eigenvalue weighted by Gasteiger charge is 2.53. The minimum Gasteiger partial charge on any atom is -0.755 e. The molecule has 1 aliphatic heterocycles. The molecule has 1 amide bonds. The number of nitrogens with two attached hydrogens (primary N) is 1. The van der Waals surface area contributed by atoms with Gasteiger partial charge in [0.1, 0.15) is 17.2 Å². The Morgan fingerprint density at radius 2 is 1.65 bits per heavy atom. The van der Waals surface area contributed by atoms with Crippen molar-refractivity contribution in [3.8, 4) is 0 Å². The van der Waals surface area contributed by atoms with E-state index in [-0.39, 0.29) is 53.2 Å². The van der Waals surface area contributed by atoms with Gasteiger partial charge < -0.3 is 28.3 Å². The number of hydrogen-bond acceptors (Lipinski definition) is 6. The lowest BCUT2D eigenvalue weighted by molar-refractivity contribution is -0.136. The molecule has 2 aliphatic rings. The van der Waals surface area contributed by atoms with E-state index in [2.05, 4.69) is 0 Å². The van der Waals surface area contributed by atoms with Gasteiger partial charge in [-0.15, -0.1) is 0 Å². The largest absolute Gasteiger partial charge is 0.755 e. The Morgan fingerprint density at radius 3 is 2.21 bits per heavy atom. The zero-order valence-corrected chi connectivity index (χ0v) is 27.6. The highest BCUT2D eigenvalue weighted by atomic mass is 32.2. The van der Waals surface area contributed by atoms with Crippen molar-refractivity contribution in [3.05, 3.63) is 94.0 Å². The number of amides is 1. The molecule has 1 aliphatic carbocycles. The van der Waals surface area contributed by atoms with Crippen LogP contribution in [0.4, 0.5) is 23.2 Å². The summed E-state index contributed by atoms with van der Waals surface area (Å²) in [7, 11) is -1.23. The zero-order valence-electron chi connectivity index (χ0n) is 26.8. The zero-order chi connectivity index (χ0) is 34.8. The molecule has 14 heteroatoms. The Balaban J connectivity index is 1.33. The Kier molecular flexibility index (Phi) is 8.76. The van der Waals surface area contributed by atoms with E-state index in [1.807, 2.05) is 0 Å². The molecule has 1 unspecified atom stereocenters. The van der Waals surface area contributed by atoms with Gasteiger partial charge in [0, 0.05) is 35.7 Å². The molecule has 6 rings (SSSR count). The standard InChI is InChI=1S/C34H35BF4N2O6S/c1-32(2)33(3,4)47-35(46-32)26-12-7-20(15-25(26)34(37,38)39)13-14-41(48(43)44)27-18-28-24(17-23(27)21-8-9-21)30(31(40)42)29(45-28)16-19-5-10-22(36)11-6-19/h5-7,10-12,15,17-18,21H,8-9,13-14,16H2,1-4H3,(H2,40,42)(H,43,44)/p-1. The molecule has 2 N–H and O–H groups in total. The van der Waals surface area contributed by atoms with E-state index >= 15 is 0 Å². The van der Waals surface area contributed by atoms with E-state index in [9.17, 15) is 31.1 Å². The SMILES string of the molecule is CC1(C)OB(c2ccc(CCN(c3cc4oc(Cc5ccc(F)cc5)c(C(N)=O)c4cc3C3CC3)S(=O)[O-])cc2C(F)(F)F)OC1(C)C. The highest BCUT2D eigenvalue weighted by Crippen LogP contribution is 2.47. The summed E-state index contributed by atoms with van der Waals surface area (Å²) >= 11 is -2.80. The number of alkyl halides is 3. The fourth-order valence-corrected chi connectivity index (χ4v) is 6.56. The van der Waals surface area contributed by atoms with E-state index in [0.717, 1.165) is 23.2 Å². The fourth-order valence-electron chi connectivity index (χ4n) is 6.01. The molecule has 1 saturated carbocycles. The maximum Gasteiger partial charge on any atom is 0.495 e. The van der Waals surface area contributed by atoms with Crippen molar-refractivity contribution in [1.82, 2.24) is 0 Å². The average molecular weight is 686 g/mol. The van der Waals surface area contributed by atoms with Gasteiger partial charge in [-0.05, 0) is 99.3 Å². The number of hydrogen-bond donors (Lipinski definition) is 1. The number of carbonyl (C=O) groups excluding carboxylic acids is 1. The number of fused-ring (bicyclic) bond motifs is 1. The third-order valence-corrected chi connectivity index (χ3v) is 10.2. The minimum absolute atomic E-state index is 0.0163. The van der Waals surface area contributed by atoms with E-state index < -0.39 is 53.1 Å².